The van der Waals surface area contributed by atoms with Crippen LogP contribution in [0.1, 0.15) is 239 Å². The Kier molecular flexibility index (Phi) is 39.7. The highest BCUT2D eigenvalue weighted by molar-refractivity contribution is 5.73. The van der Waals surface area contributed by atoms with Gasteiger partial charge in [-0.05, 0) is 83.8 Å². The Morgan fingerprint density at radius 2 is 0.887 bits per heavy atom. The Bertz CT molecular complexity index is 1230. The monoisotopic (exact) mass is 872 g/mol. The number of hydrogen-bond donors (Lipinski definition) is 2. The predicted octanol–water partition coefficient (Wildman–Crippen LogP) is 14.8. The molecule has 0 fully saturated rings. The van der Waals surface area contributed by atoms with E-state index < -0.39 is 10.9 Å². The molecule has 362 valence electrons. The normalized spacial score (nSPS) is 11.6. The summed E-state index contributed by atoms with van der Waals surface area (Å²) in [5.41, 5.74) is -0.00814. The second-order valence-corrected chi connectivity index (χ2v) is 18.4. The van der Waals surface area contributed by atoms with E-state index in [-0.39, 0.29) is 0 Å². The van der Waals surface area contributed by atoms with Crippen LogP contribution in [0, 0.1) is 0 Å². The number of unbranched alkanes of at least 4 members (excludes halogenated alkanes) is 24. The third-order valence-corrected chi connectivity index (χ3v) is 12.5. The average molecular weight is 872 g/mol. The molecule has 0 unspecified atom stereocenters. The lowest BCUT2D eigenvalue weighted by molar-refractivity contribution is 0.0895. The molecule has 1 aromatic rings. The summed E-state index contributed by atoms with van der Waals surface area (Å²) in [4.78, 5) is 26.9. The van der Waals surface area contributed by atoms with Gasteiger partial charge in [-0.2, -0.15) is 0 Å². The largest absolute Gasteiger partial charge is 0.499 e. The van der Waals surface area contributed by atoms with E-state index in [0.29, 0.717) is 37.2 Å². The first-order valence-corrected chi connectivity index (χ1v) is 26.5. The molecule has 62 heavy (non-hydrogen) atoms. The van der Waals surface area contributed by atoms with Gasteiger partial charge in [-0.3, -0.25) is 9.59 Å². The first kappa shape index (κ1) is 57.7. The van der Waals surface area contributed by atoms with Gasteiger partial charge in [-0.1, -0.05) is 175 Å². The van der Waals surface area contributed by atoms with Gasteiger partial charge < -0.3 is 29.7 Å². The summed E-state index contributed by atoms with van der Waals surface area (Å²) in [6.45, 7) is 21.1. The number of hydrogen-bond acceptors (Lipinski definition) is 8. The lowest BCUT2D eigenvalue weighted by atomic mass is 10.0. The number of allylic oxidation sites excluding steroid dienone is 2. The van der Waals surface area contributed by atoms with E-state index in [1.807, 2.05) is 0 Å². The molecule has 0 aromatic heterocycles. The van der Waals surface area contributed by atoms with Crippen molar-refractivity contribution in [1.29, 1.82) is 0 Å². The fourth-order valence-corrected chi connectivity index (χ4v) is 8.44. The van der Waals surface area contributed by atoms with Crippen LogP contribution in [0.4, 0.5) is 11.4 Å². The van der Waals surface area contributed by atoms with Crippen molar-refractivity contribution < 1.29 is 14.2 Å². The van der Waals surface area contributed by atoms with Gasteiger partial charge in [0, 0.05) is 33.0 Å². The van der Waals surface area contributed by atoms with E-state index >= 15 is 0 Å². The summed E-state index contributed by atoms with van der Waals surface area (Å²) in [6, 6.07) is 0. The topological polar surface area (TPSA) is 89.1 Å². The number of nitrogens with zero attached hydrogens (tertiary/aromatic N) is 1. The molecule has 0 aliphatic rings. The van der Waals surface area contributed by atoms with Gasteiger partial charge >= 0.3 is 0 Å². The molecule has 1 aromatic carbocycles. The Labute approximate surface area is 383 Å². The van der Waals surface area contributed by atoms with Crippen molar-refractivity contribution in [3.05, 3.63) is 45.1 Å². The van der Waals surface area contributed by atoms with E-state index in [1.54, 1.807) is 7.11 Å². The Morgan fingerprint density at radius 3 is 1.39 bits per heavy atom. The highest BCUT2D eigenvalue weighted by Gasteiger charge is 2.20. The van der Waals surface area contributed by atoms with Gasteiger partial charge in [0.1, 0.15) is 11.4 Å². The number of ether oxygens (including phenoxy) is 3. The van der Waals surface area contributed by atoms with E-state index in [9.17, 15) is 9.59 Å². The van der Waals surface area contributed by atoms with Crippen molar-refractivity contribution in [3.63, 3.8) is 0 Å². The zero-order valence-corrected chi connectivity index (χ0v) is 41.5. The maximum Gasteiger partial charge on any atom is 0.253 e. The molecule has 2 N–H and O–H groups in total. The molecule has 0 heterocycles. The van der Waals surface area contributed by atoms with Crippen LogP contribution in [0.3, 0.4) is 0 Å². The van der Waals surface area contributed by atoms with Gasteiger partial charge in [-0.25, -0.2) is 0 Å². The van der Waals surface area contributed by atoms with Crippen LogP contribution in [-0.4, -0.2) is 64.1 Å². The molecule has 1 rings (SSSR count). The molecule has 0 saturated heterocycles. The summed E-state index contributed by atoms with van der Waals surface area (Å²) in [5.74, 6) is 1.97. The molecule has 0 bridgehead atoms. The fourth-order valence-electron chi connectivity index (χ4n) is 8.44. The van der Waals surface area contributed by atoms with Crippen LogP contribution in [0.25, 0.3) is 0 Å². The predicted molar refractivity (Wildman–Crippen MR) is 270 cm³/mol. The molecule has 0 atom stereocenters. The lowest BCUT2D eigenvalue weighted by Crippen LogP contribution is -2.38. The Balaban J connectivity index is 2.43. The number of nitrogens with one attached hydrogen (secondary N) is 2. The summed E-state index contributed by atoms with van der Waals surface area (Å²) >= 11 is 0. The zero-order chi connectivity index (χ0) is 45.1. The van der Waals surface area contributed by atoms with Crippen molar-refractivity contribution in [3.8, 4) is 0 Å². The molecule has 8 heteroatoms. The number of anilines is 2. The minimum atomic E-state index is -0.432. The maximum absolute atomic E-state index is 12.2. The minimum absolute atomic E-state index is 0.345. The van der Waals surface area contributed by atoms with E-state index in [0.717, 1.165) is 76.3 Å². The Morgan fingerprint density at radius 1 is 0.484 bits per heavy atom. The summed E-state index contributed by atoms with van der Waals surface area (Å²) < 4.78 is 17.5. The first-order valence-electron chi connectivity index (χ1n) is 26.5. The highest BCUT2D eigenvalue weighted by atomic mass is 16.5. The van der Waals surface area contributed by atoms with Crippen molar-refractivity contribution >= 4 is 11.4 Å². The average Bonchev–Trinajstić information content (AvgIpc) is 3.27. The van der Waals surface area contributed by atoms with Crippen molar-refractivity contribution in [2.45, 2.75) is 245 Å². The standard InChI is InChI=1S/C54H101N3O5/c1-7-10-13-16-19-28-35-46-61-48(4)37-29-22-20-26-33-43-57(45-36-41-55-51-52(54(59)53(51)58)56-42-47-60-6)44-34-27-21-23-30-38-49(5)62-50(39-31-24-17-14-11-8-2)40-32-25-18-15-12-9-3/h50,55-56H,4-5,7-47H2,1-3,6H3. The molecule has 0 saturated carbocycles. The van der Waals surface area contributed by atoms with Crippen LogP contribution in [0.5, 0.6) is 0 Å². The fraction of sp³-hybridized carbons (Fsp3) is 0.852. The second-order valence-electron chi connectivity index (χ2n) is 18.4. The van der Waals surface area contributed by atoms with Crippen LogP contribution >= 0.6 is 0 Å². The zero-order valence-electron chi connectivity index (χ0n) is 41.5. The van der Waals surface area contributed by atoms with Crippen molar-refractivity contribution in [1.82, 2.24) is 4.90 Å². The molecular formula is C54H101N3O5. The maximum atomic E-state index is 12.2. The van der Waals surface area contributed by atoms with Crippen LogP contribution in [-0.2, 0) is 14.2 Å². The first-order chi connectivity index (χ1) is 30.4. The second kappa shape index (κ2) is 42.6. The van der Waals surface area contributed by atoms with Gasteiger partial charge in [0.15, 0.2) is 0 Å². The molecule has 0 radical (unpaired) electrons. The van der Waals surface area contributed by atoms with Crippen molar-refractivity contribution in [2.75, 3.05) is 63.7 Å². The molecule has 8 nitrogen and oxygen atoms in total. The highest BCUT2D eigenvalue weighted by Crippen LogP contribution is 2.22. The summed E-state index contributed by atoms with van der Waals surface area (Å²) in [5, 5.41) is 6.31. The quantitative estimate of drug-likeness (QED) is 0.0380. The molecule has 0 aliphatic heterocycles. The van der Waals surface area contributed by atoms with Gasteiger partial charge in [0.05, 0.1) is 30.8 Å². The molecule has 0 aliphatic carbocycles. The van der Waals surface area contributed by atoms with E-state index in [4.69, 9.17) is 14.2 Å². The van der Waals surface area contributed by atoms with Gasteiger partial charge in [-0.15, -0.1) is 0 Å². The van der Waals surface area contributed by atoms with Crippen molar-refractivity contribution in [2.24, 2.45) is 0 Å². The smallest absolute Gasteiger partial charge is 0.253 e. The lowest BCUT2D eigenvalue weighted by Gasteiger charge is -2.23. The summed E-state index contributed by atoms with van der Waals surface area (Å²) in [6.07, 6.45) is 42.9. The third kappa shape index (κ3) is 32.4. The molecule has 0 spiro atoms. The van der Waals surface area contributed by atoms with E-state index in [2.05, 4.69) is 49.5 Å². The van der Waals surface area contributed by atoms with Crippen LogP contribution in [0.2, 0.25) is 0 Å². The van der Waals surface area contributed by atoms with E-state index in [1.165, 1.54) is 180 Å². The van der Waals surface area contributed by atoms with Gasteiger partial charge in [0.2, 0.25) is 0 Å². The van der Waals surface area contributed by atoms with Gasteiger partial charge in [0.25, 0.3) is 10.9 Å². The molecular weight excluding hydrogens is 771 g/mol. The third-order valence-electron chi connectivity index (χ3n) is 12.5. The SMILES string of the molecule is C=C(CCCCCCCN(CCCCCCCC(=C)OC(CCCCCCCC)CCCCCCCC)CCCNc1c(NCCOC)c(=O)c1=O)OCCCCCCCCC. The molecule has 0 amide bonds. The summed E-state index contributed by atoms with van der Waals surface area (Å²) in [7, 11) is 1.62. The Hall–Kier alpha value is -2.32. The number of rotatable bonds is 50. The van der Waals surface area contributed by atoms with Crippen LogP contribution in [0.15, 0.2) is 34.3 Å². The van der Waals surface area contributed by atoms with Crippen LogP contribution < -0.4 is 21.5 Å². The minimum Gasteiger partial charge on any atom is -0.499 e. The number of methoxy groups -OCH3 is 1.